The monoisotopic (exact) mass is 422 g/mol. The second kappa shape index (κ2) is 9.95. The van der Waals surface area contributed by atoms with E-state index in [1.807, 2.05) is 0 Å². The van der Waals surface area contributed by atoms with E-state index < -0.39 is 12.7 Å². The average molecular weight is 422 g/mol. The summed E-state index contributed by atoms with van der Waals surface area (Å²) in [6.07, 6.45) is -1.08. The molecule has 1 amide bonds. The van der Waals surface area contributed by atoms with Crippen molar-refractivity contribution in [3.63, 3.8) is 0 Å². The third-order valence-corrected chi connectivity index (χ3v) is 4.50. The normalized spacial score (nSPS) is 16.4. The van der Waals surface area contributed by atoms with E-state index >= 15 is 0 Å². The Kier molecular flexibility index (Phi) is 7.62. The lowest BCUT2D eigenvalue weighted by Gasteiger charge is -2.30. The van der Waals surface area contributed by atoms with Crippen LogP contribution in [0.5, 0.6) is 0 Å². The first-order valence-corrected chi connectivity index (χ1v) is 9.21. The van der Waals surface area contributed by atoms with Crippen molar-refractivity contribution in [1.29, 1.82) is 0 Å². The van der Waals surface area contributed by atoms with Crippen LogP contribution in [0.4, 0.5) is 18.9 Å². The Morgan fingerprint density at radius 1 is 1.30 bits per heavy atom. The van der Waals surface area contributed by atoms with Crippen molar-refractivity contribution in [3.05, 3.63) is 47.3 Å². The van der Waals surface area contributed by atoms with Gasteiger partial charge in [0.15, 0.2) is 0 Å². The lowest BCUT2D eigenvalue weighted by Crippen LogP contribution is -2.42. The highest BCUT2D eigenvalue weighted by atomic mass is 19.4. The van der Waals surface area contributed by atoms with E-state index in [9.17, 15) is 18.0 Å². The molecule has 0 aromatic heterocycles. The molecular weight excluding hydrogens is 397 g/mol. The van der Waals surface area contributed by atoms with Gasteiger partial charge in [-0.3, -0.25) is 9.79 Å². The van der Waals surface area contributed by atoms with Crippen LogP contribution in [-0.4, -0.2) is 55.7 Å². The van der Waals surface area contributed by atoms with E-state index in [2.05, 4.69) is 15.3 Å². The summed E-state index contributed by atoms with van der Waals surface area (Å²) in [6, 6.07) is 6.99. The first-order chi connectivity index (χ1) is 14.1. The van der Waals surface area contributed by atoms with E-state index in [4.69, 9.17) is 11.5 Å². The molecule has 162 valence electrons. The molecule has 7 nitrogen and oxygen atoms in total. The van der Waals surface area contributed by atoms with Crippen LogP contribution in [0.1, 0.15) is 18.9 Å². The Morgan fingerprint density at radius 3 is 2.50 bits per heavy atom. The Labute approximate surface area is 173 Å². The summed E-state index contributed by atoms with van der Waals surface area (Å²) < 4.78 is 37.9. The van der Waals surface area contributed by atoms with Gasteiger partial charge >= 0.3 is 6.18 Å². The fraction of sp³-hybridized carbons (Fsp3) is 0.350. The van der Waals surface area contributed by atoms with Gasteiger partial charge in [0.1, 0.15) is 12.4 Å². The molecule has 1 aliphatic heterocycles. The average Bonchev–Trinajstić information content (AvgIpc) is 2.70. The van der Waals surface area contributed by atoms with Gasteiger partial charge in [-0.25, -0.2) is 4.99 Å². The number of alkyl halides is 3. The van der Waals surface area contributed by atoms with Crippen LogP contribution in [0.25, 0.3) is 5.57 Å². The first-order valence-electron chi connectivity index (χ1n) is 9.21. The molecular formula is C20H25F3N6O. The molecule has 0 aliphatic carbocycles. The number of rotatable bonds is 6. The summed E-state index contributed by atoms with van der Waals surface area (Å²) in [7, 11) is 1.63. The Balaban J connectivity index is 2.32. The predicted octanol–water partition coefficient (Wildman–Crippen LogP) is 2.33. The number of aliphatic imine (C=N–C) groups is 2. The standard InChI is InChI=1S/C20H25F3N6O/c1-13(30)29-8-7-18(27-12-20(21,22)23)17(11-29)19(25)28-16-5-3-14(4-6-16)15(9-24)10-26-2/h3-6,9-10,27H,7-8,11-12,24H2,1-2H3,(H2,25,28)/b15-9+,26-10?. The van der Waals surface area contributed by atoms with Crippen LogP contribution in [-0.2, 0) is 4.79 Å². The van der Waals surface area contributed by atoms with E-state index in [1.165, 1.54) is 18.0 Å². The second-order valence-electron chi connectivity index (χ2n) is 6.67. The summed E-state index contributed by atoms with van der Waals surface area (Å²) in [5, 5.41) is 2.40. The quantitative estimate of drug-likeness (QED) is 0.483. The van der Waals surface area contributed by atoms with Gasteiger partial charge in [0.2, 0.25) is 5.91 Å². The maximum absolute atomic E-state index is 12.6. The minimum atomic E-state index is -4.37. The van der Waals surface area contributed by atoms with Crippen LogP contribution in [0, 0.1) is 0 Å². The lowest BCUT2D eigenvalue weighted by atomic mass is 10.0. The van der Waals surface area contributed by atoms with Gasteiger partial charge in [0.25, 0.3) is 0 Å². The van der Waals surface area contributed by atoms with Crippen LogP contribution in [0.2, 0.25) is 0 Å². The van der Waals surface area contributed by atoms with Crippen LogP contribution < -0.4 is 16.8 Å². The molecule has 0 atom stereocenters. The molecule has 2 rings (SSSR count). The number of nitrogens with two attached hydrogens (primary N) is 2. The van der Waals surface area contributed by atoms with Gasteiger partial charge < -0.3 is 21.7 Å². The molecule has 1 heterocycles. The molecule has 10 heteroatoms. The minimum absolute atomic E-state index is 0.0584. The number of hydrogen-bond acceptors (Lipinski definition) is 5. The Bertz CT molecular complexity index is 885. The van der Waals surface area contributed by atoms with Crippen molar-refractivity contribution in [1.82, 2.24) is 10.2 Å². The molecule has 1 aromatic carbocycles. The van der Waals surface area contributed by atoms with E-state index in [-0.39, 0.29) is 24.7 Å². The summed E-state index contributed by atoms with van der Waals surface area (Å²) in [4.78, 5) is 21.5. The van der Waals surface area contributed by atoms with Crippen LogP contribution in [0.15, 0.2) is 51.7 Å². The van der Waals surface area contributed by atoms with Crippen molar-refractivity contribution in [2.45, 2.75) is 19.5 Å². The Morgan fingerprint density at radius 2 is 1.97 bits per heavy atom. The van der Waals surface area contributed by atoms with E-state index in [0.717, 1.165) is 11.1 Å². The molecule has 5 N–H and O–H groups in total. The molecule has 0 radical (unpaired) electrons. The number of carbonyl (C=O) groups excluding carboxylic acids is 1. The fourth-order valence-corrected chi connectivity index (χ4v) is 2.96. The predicted molar refractivity (Wildman–Crippen MR) is 112 cm³/mol. The van der Waals surface area contributed by atoms with Gasteiger partial charge in [-0.1, -0.05) is 12.1 Å². The zero-order valence-electron chi connectivity index (χ0n) is 16.8. The van der Waals surface area contributed by atoms with E-state index in [1.54, 1.807) is 37.5 Å². The van der Waals surface area contributed by atoms with E-state index in [0.29, 0.717) is 23.5 Å². The number of carbonyl (C=O) groups is 1. The number of nitrogens with one attached hydrogen (secondary N) is 1. The van der Waals surface area contributed by atoms with Gasteiger partial charge in [-0.05, 0) is 17.7 Å². The number of halogens is 3. The summed E-state index contributed by atoms with van der Waals surface area (Å²) in [5.74, 6) is -0.124. The smallest absolute Gasteiger partial charge is 0.404 e. The van der Waals surface area contributed by atoms with Gasteiger partial charge in [-0.15, -0.1) is 0 Å². The zero-order chi connectivity index (χ0) is 22.3. The molecule has 0 saturated heterocycles. The molecule has 1 aliphatic rings. The van der Waals surface area contributed by atoms with Crippen molar-refractivity contribution >= 4 is 29.2 Å². The van der Waals surface area contributed by atoms with Gasteiger partial charge in [-0.2, -0.15) is 13.2 Å². The zero-order valence-corrected chi connectivity index (χ0v) is 16.8. The number of benzene rings is 1. The summed E-state index contributed by atoms with van der Waals surface area (Å²) in [5.41, 5.74) is 14.5. The summed E-state index contributed by atoms with van der Waals surface area (Å²) in [6.45, 7) is 0.630. The first kappa shape index (κ1) is 23.0. The van der Waals surface area contributed by atoms with Crippen LogP contribution >= 0.6 is 0 Å². The SMILES string of the molecule is CN=C/C(=C\N)c1ccc(N=C(N)C2=C(NCC(F)(F)F)CCN(C(C)=O)C2)cc1. The second-order valence-corrected chi connectivity index (χ2v) is 6.67. The largest absolute Gasteiger partial charge is 0.405 e. The van der Waals surface area contributed by atoms with Gasteiger partial charge in [0, 0.05) is 56.2 Å². The third kappa shape index (κ3) is 6.36. The third-order valence-electron chi connectivity index (χ3n) is 4.50. The molecule has 0 unspecified atom stereocenters. The van der Waals surface area contributed by atoms with Crippen molar-refractivity contribution < 1.29 is 18.0 Å². The van der Waals surface area contributed by atoms with Crippen LogP contribution in [0.3, 0.4) is 0 Å². The number of amidine groups is 1. The number of hydrogen-bond donors (Lipinski definition) is 3. The number of allylic oxidation sites excluding steroid dienone is 1. The highest BCUT2D eigenvalue weighted by Crippen LogP contribution is 2.22. The fourth-order valence-electron chi connectivity index (χ4n) is 2.96. The molecule has 30 heavy (non-hydrogen) atoms. The van der Waals surface area contributed by atoms with Crippen molar-refractivity contribution in [3.8, 4) is 0 Å². The van der Waals surface area contributed by atoms with Crippen molar-refractivity contribution in [2.75, 3.05) is 26.7 Å². The number of amides is 1. The minimum Gasteiger partial charge on any atom is -0.404 e. The number of nitrogens with zero attached hydrogens (tertiary/aromatic N) is 3. The lowest BCUT2D eigenvalue weighted by molar-refractivity contribution is -0.129. The highest BCUT2D eigenvalue weighted by Gasteiger charge is 2.29. The Hall–Kier alpha value is -3.30. The topological polar surface area (TPSA) is 109 Å². The maximum atomic E-state index is 12.6. The molecule has 0 saturated carbocycles. The van der Waals surface area contributed by atoms with Gasteiger partial charge in [0.05, 0.1) is 12.2 Å². The summed E-state index contributed by atoms with van der Waals surface area (Å²) >= 11 is 0. The molecule has 0 spiro atoms. The van der Waals surface area contributed by atoms with Crippen molar-refractivity contribution in [2.24, 2.45) is 21.5 Å². The molecule has 0 bridgehead atoms. The molecule has 1 aromatic rings. The highest BCUT2D eigenvalue weighted by molar-refractivity contribution is 6.09. The maximum Gasteiger partial charge on any atom is 0.405 e. The molecule has 0 fully saturated rings.